The number of benzene rings is 2. The molecule has 4 nitrogen and oxygen atoms in total. The monoisotopic (exact) mass is 449 g/mol. The van der Waals surface area contributed by atoms with Crippen LogP contribution < -0.4 is 10.6 Å². The molecule has 2 unspecified atom stereocenters. The molecule has 0 fully saturated rings. The van der Waals surface area contributed by atoms with Crippen molar-refractivity contribution in [2.24, 2.45) is 0 Å². The predicted molar refractivity (Wildman–Crippen MR) is 129 cm³/mol. The van der Waals surface area contributed by atoms with Crippen LogP contribution in [0.15, 0.2) is 46.4 Å². The number of carbonyl (C=O) groups is 2. The van der Waals surface area contributed by atoms with Gasteiger partial charge in [0.25, 0.3) is 0 Å². The first-order valence-electron chi connectivity index (χ1n) is 9.31. The molecule has 0 aliphatic heterocycles. The fourth-order valence-corrected chi connectivity index (χ4v) is 5.62. The van der Waals surface area contributed by atoms with Crippen LogP contribution in [-0.4, -0.2) is 16.6 Å². The minimum atomic E-state index is -0.260. The molecule has 0 N–H and O–H groups in total. The fourth-order valence-electron chi connectivity index (χ4n) is 3.69. The highest BCUT2D eigenvalue weighted by molar-refractivity contribution is 7.29. The van der Waals surface area contributed by atoms with E-state index >= 15 is 0 Å². The Hall–Kier alpha value is -2.45. The van der Waals surface area contributed by atoms with Crippen LogP contribution >= 0.6 is 29.8 Å². The van der Waals surface area contributed by atoms with E-state index in [4.69, 9.17) is 4.42 Å². The molecule has 5 rings (SSSR count). The summed E-state index contributed by atoms with van der Waals surface area (Å²) < 4.78 is 6.72. The van der Waals surface area contributed by atoms with E-state index in [1.165, 1.54) is 11.3 Å². The maximum absolute atomic E-state index is 13.1. The summed E-state index contributed by atoms with van der Waals surface area (Å²) in [7, 11) is 5.23. The minimum Gasteiger partial charge on any atom is -0.437 e. The van der Waals surface area contributed by atoms with Gasteiger partial charge in [-0.05, 0) is 41.7 Å². The molecule has 0 radical (unpaired) electrons. The topological polar surface area (TPSA) is 60.2 Å². The highest BCUT2D eigenvalue weighted by Crippen LogP contribution is 2.34. The molecule has 4 aromatic rings. The zero-order valence-corrected chi connectivity index (χ0v) is 19.4. The Morgan fingerprint density at radius 1 is 0.967 bits per heavy atom. The van der Waals surface area contributed by atoms with Crippen LogP contribution in [0.4, 0.5) is 0 Å². The third-order valence-electron chi connectivity index (χ3n) is 5.52. The largest absolute Gasteiger partial charge is 0.437 e. The van der Waals surface area contributed by atoms with Gasteiger partial charge in [-0.3, -0.25) is 9.59 Å². The number of hydrogen-bond acceptors (Lipinski definition) is 5. The predicted octanol–water partition coefficient (Wildman–Crippen LogP) is 4.64. The first-order valence-corrected chi connectivity index (χ1v) is 11.3. The van der Waals surface area contributed by atoms with Crippen molar-refractivity contribution in [3.63, 3.8) is 0 Å². The molecule has 2 aromatic carbocycles. The summed E-state index contributed by atoms with van der Waals surface area (Å²) in [4.78, 5) is 30.7. The van der Waals surface area contributed by atoms with E-state index in [1.807, 2.05) is 50.2 Å². The number of rotatable bonds is 2. The molecule has 1 aliphatic rings. The second-order valence-corrected chi connectivity index (χ2v) is 9.43. The van der Waals surface area contributed by atoms with Gasteiger partial charge >= 0.3 is 0 Å². The van der Waals surface area contributed by atoms with Crippen molar-refractivity contribution in [2.75, 3.05) is 0 Å². The van der Waals surface area contributed by atoms with Crippen LogP contribution in [-0.2, 0) is 0 Å². The van der Waals surface area contributed by atoms with Gasteiger partial charge in [0.1, 0.15) is 10.8 Å². The van der Waals surface area contributed by atoms with Crippen LogP contribution in [0, 0.1) is 13.8 Å². The molecular formula is C23H17NO3P2S. The summed E-state index contributed by atoms with van der Waals surface area (Å²) >= 11 is 1.52. The number of thiazole rings is 1. The van der Waals surface area contributed by atoms with Crippen LogP contribution in [0.2, 0.25) is 0 Å². The number of allylic oxidation sites excluding steroid dienone is 1. The number of hydrogen-bond donors (Lipinski definition) is 0. The number of furan rings is 1. The lowest BCUT2D eigenvalue weighted by Crippen LogP contribution is -2.20. The smallest absolute Gasteiger partial charge is 0.238 e. The Kier molecular flexibility index (Phi) is 4.59. The van der Waals surface area contributed by atoms with Crippen molar-refractivity contribution >= 4 is 68.5 Å². The van der Waals surface area contributed by atoms with Crippen molar-refractivity contribution in [1.29, 1.82) is 0 Å². The second kappa shape index (κ2) is 7.06. The molecule has 148 valence electrons. The SMILES string of the molecule is Cc1c(C)c(P)c2c(c1P)C(=O)C(=Cc1cc3sc(-c4ccccc4)nc3o1)C2=O. The van der Waals surface area contributed by atoms with Crippen molar-refractivity contribution in [1.82, 2.24) is 4.98 Å². The molecule has 2 aromatic heterocycles. The Labute approximate surface area is 181 Å². The molecule has 1 aliphatic carbocycles. The van der Waals surface area contributed by atoms with Crippen LogP contribution in [0.25, 0.3) is 27.1 Å². The van der Waals surface area contributed by atoms with Gasteiger partial charge < -0.3 is 4.42 Å². The normalized spacial score (nSPS) is 13.4. The van der Waals surface area contributed by atoms with E-state index in [0.717, 1.165) is 37.0 Å². The number of carbonyl (C=O) groups excluding carboxylic acids is 2. The van der Waals surface area contributed by atoms with Crippen molar-refractivity contribution in [3.05, 3.63) is 70.0 Å². The maximum Gasteiger partial charge on any atom is 0.238 e. The summed E-state index contributed by atoms with van der Waals surface area (Å²) in [5.41, 5.74) is 4.62. The van der Waals surface area contributed by atoms with Crippen LogP contribution in [0.3, 0.4) is 0 Å². The van der Waals surface area contributed by atoms with Gasteiger partial charge in [0.05, 0.1) is 10.3 Å². The Bertz CT molecular complexity index is 1330. The summed E-state index contributed by atoms with van der Waals surface area (Å²) in [5.74, 6) is -0.0640. The standard InChI is InChI=1S/C23H17NO3P2S/c1-10-11(2)21(29)17-16(20(10)28)18(25)14(19(17)26)8-13-9-15-22(27-13)24-23(30-15)12-6-4-3-5-7-12/h3-9H,28-29H2,1-2H3. The molecule has 0 amide bonds. The first-order chi connectivity index (χ1) is 14.4. The summed E-state index contributed by atoms with van der Waals surface area (Å²) in [6.45, 7) is 3.92. The lowest BCUT2D eigenvalue weighted by molar-refractivity contribution is 0.0991. The van der Waals surface area contributed by atoms with Gasteiger partial charge in [-0.25, -0.2) is 4.98 Å². The number of fused-ring (bicyclic) bond motifs is 2. The van der Waals surface area contributed by atoms with E-state index in [-0.39, 0.29) is 17.1 Å². The van der Waals surface area contributed by atoms with Crippen LogP contribution in [0.1, 0.15) is 37.6 Å². The summed E-state index contributed by atoms with van der Waals surface area (Å²) in [5, 5.41) is 2.44. The van der Waals surface area contributed by atoms with Crippen LogP contribution in [0.5, 0.6) is 0 Å². The van der Waals surface area contributed by atoms with E-state index in [9.17, 15) is 9.59 Å². The molecule has 0 bridgehead atoms. The highest BCUT2D eigenvalue weighted by Gasteiger charge is 2.37. The number of ketones is 2. The molecule has 0 saturated heterocycles. The molecule has 2 heterocycles. The number of nitrogens with zero attached hydrogens (tertiary/aromatic N) is 1. The lowest BCUT2D eigenvalue weighted by Gasteiger charge is -2.12. The van der Waals surface area contributed by atoms with E-state index < -0.39 is 0 Å². The third kappa shape index (κ3) is 2.85. The third-order valence-corrected chi connectivity index (χ3v) is 7.99. The van der Waals surface area contributed by atoms with E-state index in [1.54, 1.807) is 6.08 Å². The fraction of sp³-hybridized carbons (Fsp3) is 0.0870. The Balaban J connectivity index is 1.57. The molecule has 2 atom stereocenters. The average molecular weight is 449 g/mol. The maximum atomic E-state index is 13.1. The number of Topliss-reactive ketones (excluding diaryl/α,β-unsaturated/α-hetero) is 2. The van der Waals surface area contributed by atoms with Gasteiger partial charge in [-0.1, -0.05) is 30.3 Å². The van der Waals surface area contributed by atoms with Gasteiger partial charge in [0.15, 0.2) is 11.6 Å². The van der Waals surface area contributed by atoms with Gasteiger partial charge in [0, 0.05) is 22.8 Å². The van der Waals surface area contributed by atoms with Gasteiger partial charge in [-0.15, -0.1) is 29.8 Å². The molecule has 0 saturated carbocycles. The minimum absolute atomic E-state index is 0.132. The van der Waals surface area contributed by atoms with Crippen molar-refractivity contribution in [3.8, 4) is 10.6 Å². The number of aromatic nitrogens is 1. The summed E-state index contributed by atoms with van der Waals surface area (Å²) in [6.07, 6.45) is 1.54. The Morgan fingerprint density at radius 3 is 2.13 bits per heavy atom. The quantitative estimate of drug-likeness (QED) is 0.254. The average Bonchev–Trinajstić information content (AvgIpc) is 3.38. The molecule has 7 heteroatoms. The second-order valence-electron chi connectivity index (χ2n) is 7.25. The lowest BCUT2D eigenvalue weighted by atomic mass is 10.0. The molecular weight excluding hydrogens is 432 g/mol. The zero-order valence-electron chi connectivity index (χ0n) is 16.3. The van der Waals surface area contributed by atoms with E-state index in [0.29, 0.717) is 22.6 Å². The highest BCUT2D eigenvalue weighted by atomic mass is 32.1. The van der Waals surface area contributed by atoms with Gasteiger partial charge in [-0.2, -0.15) is 0 Å². The van der Waals surface area contributed by atoms with E-state index in [2.05, 4.69) is 23.5 Å². The molecule has 30 heavy (non-hydrogen) atoms. The van der Waals surface area contributed by atoms with Crippen molar-refractivity contribution < 1.29 is 14.0 Å². The Morgan fingerprint density at radius 2 is 1.57 bits per heavy atom. The molecule has 0 spiro atoms. The van der Waals surface area contributed by atoms with Crippen molar-refractivity contribution in [2.45, 2.75) is 13.8 Å². The van der Waals surface area contributed by atoms with Gasteiger partial charge in [0.2, 0.25) is 5.71 Å². The zero-order chi connectivity index (χ0) is 21.2. The summed E-state index contributed by atoms with van der Waals surface area (Å²) in [6, 6.07) is 11.7. The first kappa shape index (κ1) is 19.5.